The highest BCUT2D eigenvalue weighted by atomic mass is 19.4. The molecule has 0 N–H and O–H groups in total. The first kappa shape index (κ1) is 20.4. The zero-order valence-corrected chi connectivity index (χ0v) is 14.2. The molecule has 2 aromatic carbocycles. The first-order chi connectivity index (χ1) is 13.5. The molecule has 1 aliphatic heterocycles. The number of benzene rings is 2. The summed E-state index contributed by atoms with van der Waals surface area (Å²) >= 11 is 0. The first-order valence-electron chi connectivity index (χ1n) is 7.88. The largest absolute Gasteiger partial charge is 0.573 e. The SMILES string of the molecule is O=C1N=NC=C(c2ccc(OC(F)(F)F)cc2)C1c1ccc(OC(F)(F)F)cc1. The van der Waals surface area contributed by atoms with E-state index in [2.05, 4.69) is 19.7 Å². The van der Waals surface area contributed by atoms with E-state index in [1.165, 1.54) is 30.5 Å². The van der Waals surface area contributed by atoms with Crippen LogP contribution < -0.4 is 9.47 Å². The van der Waals surface area contributed by atoms with Crippen LogP contribution in [0.3, 0.4) is 0 Å². The molecule has 29 heavy (non-hydrogen) atoms. The Hall–Kier alpha value is -3.37. The summed E-state index contributed by atoms with van der Waals surface area (Å²) in [6, 6.07) is 9.34. The topological polar surface area (TPSA) is 60.2 Å². The molecule has 0 saturated carbocycles. The fourth-order valence-corrected chi connectivity index (χ4v) is 2.69. The van der Waals surface area contributed by atoms with Gasteiger partial charge in [-0.05, 0) is 41.0 Å². The predicted molar refractivity (Wildman–Crippen MR) is 86.8 cm³/mol. The Bertz CT molecular complexity index is 948. The van der Waals surface area contributed by atoms with Gasteiger partial charge in [0.05, 0.1) is 12.1 Å². The molecule has 0 aromatic heterocycles. The fraction of sp³-hybridized carbons (Fsp3) is 0.167. The number of carbonyl (C=O) groups is 1. The summed E-state index contributed by atoms with van der Waals surface area (Å²) in [6.45, 7) is 0. The lowest BCUT2D eigenvalue weighted by atomic mass is 9.86. The molecule has 1 atom stereocenters. The van der Waals surface area contributed by atoms with Gasteiger partial charge in [-0.3, -0.25) is 4.79 Å². The van der Waals surface area contributed by atoms with Gasteiger partial charge in [-0.1, -0.05) is 24.3 Å². The Morgan fingerprint density at radius 2 is 1.24 bits per heavy atom. The zero-order valence-electron chi connectivity index (χ0n) is 14.2. The van der Waals surface area contributed by atoms with Crippen LogP contribution in [-0.4, -0.2) is 18.6 Å². The van der Waals surface area contributed by atoms with Gasteiger partial charge in [-0.2, -0.15) is 5.11 Å². The van der Waals surface area contributed by atoms with Gasteiger partial charge in [0.25, 0.3) is 5.91 Å². The summed E-state index contributed by atoms with van der Waals surface area (Å²) in [5.41, 5.74) is 0.991. The summed E-state index contributed by atoms with van der Waals surface area (Å²) in [5.74, 6) is -2.59. The highest BCUT2D eigenvalue weighted by molar-refractivity contribution is 5.98. The zero-order chi connectivity index (χ0) is 21.2. The van der Waals surface area contributed by atoms with Gasteiger partial charge in [-0.15, -0.1) is 31.5 Å². The van der Waals surface area contributed by atoms with Crippen LogP contribution in [-0.2, 0) is 4.79 Å². The summed E-state index contributed by atoms with van der Waals surface area (Å²) < 4.78 is 81.3. The van der Waals surface area contributed by atoms with E-state index >= 15 is 0 Å². The summed E-state index contributed by atoms with van der Waals surface area (Å²) in [5, 5.41) is 7.00. The Labute approximate surface area is 159 Å². The number of carbonyl (C=O) groups excluding carboxylic acids is 1. The average molecular weight is 416 g/mol. The molecule has 1 heterocycles. The van der Waals surface area contributed by atoms with Crippen LogP contribution in [0.2, 0.25) is 0 Å². The van der Waals surface area contributed by atoms with E-state index < -0.39 is 36.0 Å². The van der Waals surface area contributed by atoms with Crippen molar-refractivity contribution in [3.8, 4) is 11.5 Å². The Morgan fingerprint density at radius 1 is 0.759 bits per heavy atom. The van der Waals surface area contributed by atoms with Crippen LogP contribution in [0.4, 0.5) is 26.3 Å². The van der Waals surface area contributed by atoms with Gasteiger partial charge in [0, 0.05) is 0 Å². The number of hydrogen-bond acceptors (Lipinski definition) is 4. The Kier molecular flexibility index (Phi) is 5.31. The predicted octanol–water partition coefficient (Wildman–Crippen LogP) is 5.60. The van der Waals surface area contributed by atoms with E-state index in [1.54, 1.807) is 0 Å². The van der Waals surface area contributed by atoms with Crippen molar-refractivity contribution in [1.29, 1.82) is 0 Å². The highest BCUT2D eigenvalue weighted by Gasteiger charge is 2.33. The molecule has 0 bridgehead atoms. The number of alkyl halides is 6. The molecule has 2 aromatic rings. The second-order valence-corrected chi connectivity index (χ2v) is 5.76. The molecule has 0 radical (unpaired) electrons. The van der Waals surface area contributed by atoms with Crippen molar-refractivity contribution < 1.29 is 40.6 Å². The first-order valence-corrected chi connectivity index (χ1v) is 7.88. The maximum atomic E-state index is 12.3. The van der Waals surface area contributed by atoms with Crippen molar-refractivity contribution in [1.82, 2.24) is 0 Å². The number of halogens is 6. The van der Waals surface area contributed by atoms with Crippen LogP contribution in [0.1, 0.15) is 17.0 Å². The summed E-state index contributed by atoms with van der Waals surface area (Å²) in [6.07, 6.45) is -8.45. The number of amides is 1. The quantitative estimate of drug-likeness (QED) is 0.610. The van der Waals surface area contributed by atoms with Crippen LogP contribution in [0.5, 0.6) is 11.5 Å². The minimum absolute atomic E-state index is 0.310. The monoisotopic (exact) mass is 416 g/mol. The second kappa shape index (κ2) is 7.57. The van der Waals surface area contributed by atoms with Gasteiger partial charge in [-0.25, -0.2) is 0 Å². The minimum Gasteiger partial charge on any atom is -0.406 e. The summed E-state index contributed by atoms with van der Waals surface area (Å²) in [4.78, 5) is 12.3. The lowest BCUT2D eigenvalue weighted by Crippen LogP contribution is -2.18. The maximum absolute atomic E-state index is 12.3. The van der Waals surface area contributed by atoms with E-state index in [1.807, 2.05) is 0 Å². The van der Waals surface area contributed by atoms with E-state index in [0.29, 0.717) is 16.7 Å². The van der Waals surface area contributed by atoms with Crippen molar-refractivity contribution in [3.05, 3.63) is 65.9 Å². The number of azo groups is 1. The van der Waals surface area contributed by atoms with Gasteiger partial charge < -0.3 is 9.47 Å². The molecule has 11 heteroatoms. The van der Waals surface area contributed by atoms with Gasteiger partial charge in [0.2, 0.25) is 0 Å². The van der Waals surface area contributed by atoms with Crippen molar-refractivity contribution in [2.24, 2.45) is 10.2 Å². The third kappa shape index (κ3) is 5.33. The molecule has 1 amide bonds. The molecule has 0 spiro atoms. The van der Waals surface area contributed by atoms with E-state index in [4.69, 9.17) is 0 Å². The second-order valence-electron chi connectivity index (χ2n) is 5.76. The van der Waals surface area contributed by atoms with Crippen LogP contribution >= 0.6 is 0 Å². The highest BCUT2D eigenvalue weighted by Crippen LogP contribution is 2.37. The molecule has 0 aliphatic carbocycles. The van der Waals surface area contributed by atoms with Crippen LogP contribution in [0.25, 0.3) is 5.57 Å². The third-order valence-corrected chi connectivity index (χ3v) is 3.78. The molecule has 0 fully saturated rings. The van der Waals surface area contributed by atoms with Crippen molar-refractivity contribution in [2.45, 2.75) is 18.6 Å². The van der Waals surface area contributed by atoms with Crippen LogP contribution in [0, 0.1) is 0 Å². The summed E-state index contributed by atoms with van der Waals surface area (Å²) in [7, 11) is 0. The van der Waals surface area contributed by atoms with E-state index in [-0.39, 0.29) is 0 Å². The molecule has 1 aliphatic rings. The number of rotatable bonds is 4. The smallest absolute Gasteiger partial charge is 0.406 e. The lowest BCUT2D eigenvalue weighted by molar-refractivity contribution is -0.275. The van der Waals surface area contributed by atoms with Crippen molar-refractivity contribution in [2.75, 3.05) is 0 Å². The van der Waals surface area contributed by atoms with E-state index in [0.717, 1.165) is 24.3 Å². The van der Waals surface area contributed by atoms with Gasteiger partial charge >= 0.3 is 12.7 Å². The number of ether oxygens (including phenoxy) is 2. The van der Waals surface area contributed by atoms with Gasteiger partial charge in [0.15, 0.2) is 0 Å². The molecule has 3 rings (SSSR count). The molecule has 5 nitrogen and oxygen atoms in total. The minimum atomic E-state index is -4.86. The third-order valence-electron chi connectivity index (χ3n) is 3.78. The standard InChI is InChI=1S/C18H10F6N2O3/c19-17(20,21)28-12-5-1-10(2-6-12)14-9-25-26-16(27)15(14)11-3-7-13(8-4-11)29-18(22,23)24/h1-9,15H. The fourth-order valence-electron chi connectivity index (χ4n) is 2.69. The van der Waals surface area contributed by atoms with E-state index in [9.17, 15) is 31.1 Å². The lowest BCUT2D eigenvalue weighted by Gasteiger charge is -2.20. The van der Waals surface area contributed by atoms with Crippen molar-refractivity contribution >= 4 is 11.5 Å². The molecule has 1 unspecified atom stereocenters. The molecule has 152 valence electrons. The van der Waals surface area contributed by atoms with Crippen LogP contribution in [0.15, 0.2) is 65.0 Å². The number of nitrogens with zero attached hydrogens (tertiary/aromatic N) is 2. The molecule has 0 saturated heterocycles. The number of hydrogen-bond donors (Lipinski definition) is 0. The van der Waals surface area contributed by atoms with Gasteiger partial charge in [0.1, 0.15) is 11.5 Å². The normalized spacial score (nSPS) is 17.1. The Balaban J connectivity index is 1.87. The maximum Gasteiger partial charge on any atom is 0.573 e. The Morgan fingerprint density at radius 3 is 1.72 bits per heavy atom. The average Bonchev–Trinajstić information content (AvgIpc) is 2.60. The molecular formula is C18H10F6N2O3. The molecular weight excluding hydrogens is 406 g/mol. The van der Waals surface area contributed by atoms with Crippen molar-refractivity contribution in [3.63, 3.8) is 0 Å².